The summed E-state index contributed by atoms with van der Waals surface area (Å²) in [4.78, 5) is 2.27. The van der Waals surface area contributed by atoms with E-state index in [1.165, 1.54) is 12.1 Å². The summed E-state index contributed by atoms with van der Waals surface area (Å²) in [5.41, 5.74) is 5.57. The normalized spacial score (nSPS) is 14.3. The van der Waals surface area contributed by atoms with Crippen molar-refractivity contribution < 1.29 is 13.9 Å². The molecule has 2 N–H and O–H groups in total. The molecule has 5 heteroatoms. The van der Waals surface area contributed by atoms with Crippen molar-refractivity contribution >= 4 is 5.69 Å². The van der Waals surface area contributed by atoms with Gasteiger partial charge in [0.15, 0.2) is 0 Å². The molecule has 4 nitrogen and oxygen atoms in total. The Kier molecular flexibility index (Phi) is 11.6. The smallest absolute Gasteiger partial charge is 0.146 e. The predicted octanol–water partition coefficient (Wildman–Crippen LogP) is 3.17. The van der Waals surface area contributed by atoms with Crippen LogP contribution >= 0.6 is 0 Å². The zero-order valence-electron chi connectivity index (χ0n) is 13.7. The maximum Gasteiger partial charge on any atom is 0.146 e. The van der Waals surface area contributed by atoms with E-state index >= 15 is 0 Å². The zero-order chi connectivity index (χ0) is 16.1. The number of nitrogen functional groups attached to an aromatic ring is 1. The first-order chi connectivity index (χ1) is 10.3. The Bertz CT molecular complexity index is 369. The fourth-order valence-electron chi connectivity index (χ4n) is 1.73. The molecule has 0 aliphatic carbocycles. The molecule has 1 aromatic carbocycles. The third kappa shape index (κ3) is 7.87. The van der Waals surface area contributed by atoms with E-state index in [0.717, 1.165) is 32.8 Å². The van der Waals surface area contributed by atoms with Crippen molar-refractivity contribution in [2.24, 2.45) is 0 Å². The Morgan fingerprint density at radius 1 is 1.19 bits per heavy atom. The lowest BCUT2D eigenvalue weighted by Gasteiger charge is -2.26. The second-order valence-corrected chi connectivity index (χ2v) is 3.99. The van der Waals surface area contributed by atoms with E-state index in [1.54, 1.807) is 6.07 Å². The van der Waals surface area contributed by atoms with E-state index in [2.05, 4.69) is 4.90 Å². The quantitative estimate of drug-likeness (QED) is 0.868. The molecule has 21 heavy (non-hydrogen) atoms. The Hall–Kier alpha value is -1.33. The SMILES string of the molecule is CC.CC.Nc1cc(OCCN2CCOCC2)ccc1F. The van der Waals surface area contributed by atoms with Gasteiger partial charge in [-0.3, -0.25) is 4.90 Å². The summed E-state index contributed by atoms with van der Waals surface area (Å²) < 4.78 is 23.7. The molecule has 0 radical (unpaired) electrons. The van der Waals surface area contributed by atoms with Crippen molar-refractivity contribution in [3.05, 3.63) is 24.0 Å². The molecule has 1 aliphatic heterocycles. The summed E-state index contributed by atoms with van der Waals surface area (Å²) in [5, 5.41) is 0. The number of morpholine rings is 1. The number of nitrogens with zero attached hydrogens (tertiary/aromatic N) is 1. The number of ether oxygens (including phenoxy) is 2. The summed E-state index contributed by atoms with van der Waals surface area (Å²) in [6.07, 6.45) is 0. The van der Waals surface area contributed by atoms with Crippen LogP contribution < -0.4 is 10.5 Å². The number of hydrogen-bond acceptors (Lipinski definition) is 4. The first-order valence-corrected chi connectivity index (χ1v) is 7.73. The van der Waals surface area contributed by atoms with Crippen molar-refractivity contribution in [1.29, 1.82) is 0 Å². The average Bonchev–Trinajstić information content (AvgIpc) is 2.56. The van der Waals surface area contributed by atoms with Crippen LogP contribution in [0.4, 0.5) is 10.1 Å². The minimum absolute atomic E-state index is 0.119. The Labute approximate surface area is 128 Å². The van der Waals surface area contributed by atoms with Crippen LogP contribution in [0, 0.1) is 5.82 Å². The third-order valence-electron chi connectivity index (χ3n) is 2.75. The molecule has 122 valence electrons. The molecule has 0 saturated carbocycles. The lowest BCUT2D eigenvalue weighted by atomic mass is 10.3. The van der Waals surface area contributed by atoms with Gasteiger partial charge in [0.1, 0.15) is 18.2 Å². The van der Waals surface area contributed by atoms with Crippen molar-refractivity contribution in [2.45, 2.75) is 27.7 Å². The van der Waals surface area contributed by atoms with Crippen molar-refractivity contribution in [3.8, 4) is 5.75 Å². The van der Waals surface area contributed by atoms with Gasteiger partial charge in [0.2, 0.25) is 0 Å². The highest BCUT2D eigenvalue weighted by Gasteiger charge is 2.09. The molecule has 0 aromatic heterocycles. The van der Waals surface area contributed by atoms with Gasteiger partial charge in [0.25, 0.3) is 0 Å². The minimum atomic E-state index is -0.412. The number of rotatable bonds is 4. The summed E-state index contributed by atoms with van der Waals surface area (Å²) in [6.45, 7) is 12.9. The Morgan fingerprint density at radius 2 is 1.81 bits per heavy atom. The first kappa shape index (κ1) is 19.7. The first-order valence-electron chi connectivity index (χ1n) is 7.73. The molecular formula is C16H29FN2O2. The molecule has 0 atom stereocenters. The summed E-state index contributed by atoms with van der Waals surface area (Å²) in [6, 6.07) is 4.42. The maximum atomic E-state index is 12.9. The van der Waals surface area contributed by atoms with E-state index in [1.807, 2.05) is 27.7 Å². The lowest BCUT2D eigenvalue weighted by Crippen LogP contribution is -2.38. The Morgan fingerprint density at radius 3 is 2.38 bits per heavy atom. The molecule has 1 heterocycles. The number of halogens is 1. The fraction of sp³-hybridized carbons (Fsp3) is 0.625. The predicted molar refractivity (Wildman–Crippen MR) is 86.3 cm³/mol. The van der Waals surface area contributed by atoms with Crippen LogP contribution in [-0.4, -0.2) is 44.4 Å². The third-order valence-corrected chi connectivity index (χ3v) is 2.75. The van der Waals surface area contributed by atoms with Crippen LogP contribution in [0.3, 0.4) is 0 Å². The van der Waals surface area contributed by atoms with Gasteiger partial charge in [-0.1, -0.05) is 27.7 Å². The molecule has 0 bridgehead atoms. The standard InChI is InChI=1S/C12H17FN2O2.2C2H6/c13-11-2-1-10(9-12(11)14)17-8-5-15-3-6-16-7-4-15;2*1-2/h1-2,9H,3-8,14H2;2*1-2H3. The highest BCUT2D eigenvalue weighted by atomic mass is 19.1. The highest BCUT2D eigenvalue weighted by Crippen LogP contribution is 2.18. The van der Waals surface area contributed by atoms with Gasteiger partial charge in [-0.15, -0.1) is 0 Å². The van der Waals surface area contributed by atoms with Crippen molar-refractivity contribution in [3.63, 3.8) is 0 Å². The van der Waals surface area contributed by atoms with E-state index in [4.69, 9.17) is 15.2 Å². The van der Waals surface area contributed by atoms with Crippen LogP contribution in [0.1, 0.15) is 27.7 Å². The molecule has 1 aromatic rings. The number of anilines is 1. The van der Waals surface area contributed by atoms with Gasteiger partial charge in [-0.2, -0.15) is 0 Å². The zero-order valence-corrected chi connectivity index (χ0v) is 13.7. The van der Waals surface area contributed by atoms with E-state index in [9.17, 15) is 4.39 Å². The largest absolute Gasteiger partial charge is 0.492 e. The number of hydrogen-bond donors (Lipinski definition) is 1. The van der Waals surface area contributed by atoms with E-state index in [0.29, 0.717) is 12.4 Å². The van der Waals surface area contributed by atoms with Gasteiger partial charge in [-0.25, -0.2) is 4.39 Å². The minimum Gasteiger partial charge on any atom is -0.492 e. The van der Waals surface area contributed by atoms with Crippen LogP contribution in [0.2, 0.25) is 0 Å². The van der Waals surface area contributed by atoms with Crippen molar-refractivity contribution in [2.75, 3.05) is 45.2 Å². The van der Waals surface area contributed by atoms with Crippen molar-refractivity contribution in [1.82, 2.24) is 4.90 Å². The van der Waals surface area contributed by atoms with Gasteiger partial charge in [-0.05, 0) is 12.1 Å². The molecule has 1 aliphatic rings. The molecule has 1 fully saturated rings. The number of nitrogens with two attached hydrogens (primary N) is 1. The fourth-order valence-corrected chi connectivity index (χ4v) is 1.73. The van der Waals surface area contributed by atoms with Gasteiger partial charge in [0, 0.05) is 25.7 Å². The van der Waals surface area contributed by atoms with E-state index in [-0.39, 0.29) is 5.69 Å². The van der Waals surface area contributed by atoms with Gasteiger partial charge < -0.3 is 15.2 Å². The molecule has 1 saturated heterocycles. The maximum absolute atomic E-state index is 12.9. The molecule has 0 unspecified atom stereocenters. The van der Waals surface area contributed by atoms with Gasteiger partial charge in [0.05, 0.1) is 18.9 Å². The monoisotopic (exact) mass is 300 g/mol. The summed E-state index contributed by atoms with van der Waals surface area (Å²) in [5.74, 6) is 0.197. The summed E-state index contributed by atoms with van der Waals surface area (Å²) in [7, 11) is 0. The average molecular weight is 300 g/mol. The second-order valence-electron chi connectivity index (χ2n) is 3.99. The summed E-state index contributed by atoms with van der Waals surface area (Å²) >= 11 is 0. The van der Waals surface area contributed by atoms with Gasteiger partial charge >= 0.3 is 0 Å². The van der Waals surface area contributed by atoms with Crippen LogP contribution in [0.5, 0.6) is 5.75 Å². The van der Waals surface area contributed by atoms with Crippen LogP contribution in [0.15, 0.2) is 18.2 Å². The molecule has 0 spiro atoms. The Balaban J connectivity index is 0.000000921. The second kappa shape index (κ2) is 12.4. The topological polar surface area (TPSA) is 47.7 Å². The van der Waals surface area contributed by atoms with E-state index < -0.39 is 5.82 Å². The lowest BCUT2D eigenvalue weighted by molar-refractivity contribution is 0.0322. The molecular weight excluding hydrogens is 271 g/mol. The van der Waals surface area contributed by atoms with Crippen LogP contribution in [0.25, 0.3) is 0 Å². The highest BCUT2D eigenvalue weighted by molar-refractivity contribution is 5.45. The number of benzene rings is 1. The molecule has 2 rings (SSSR count). The molecule has 0 amide bonds. The van der Waals surface area contributed by atoms with Crippen LogP contribution in [-0.2, 0) is 4.74 Å².